The highest BCUT2D eigenvalue weighted by molar-refractivity contribution is 8.01. The number of thiazole rings is 1. The molecule has 0 saturated carbocycles. The maximum atomic E-state index is 12.3. The summed E-state index contributed by atoms with van der Waals surface area (Å²) < 4.78 is 42.7. The molecule has 0 radical (unpaired) electrons. The van der Waals surface area contributed by atoms with Gasteiger partial charge in [-0.05, 0) is 0 Å². The van der Waals surface area contributed by atoms with E-state index < -0.39 is 11.9 Å². The van der Waals surface area contributed by atoms with Crippen molar-refractivity contribution in [2.24, 2.45) is 0 Å². The summed E-state index contributed by atoms with van der Waals surface area (Å²) in [6, 6.07) is 0. The minimum atomic E-state index is -4.33. The molecule has 0 aromatic carbocycles. The molecule has 102 valence electrons. The molecule has 0 spiro atoms. The highest BCUT2D eigenvalue weighted by atomic mass is 32.2. The Labute approximate surface area is 111 Å². The van der Waals surface area contributed by atoms with Crippen molar-refractivity contribution in [3.63, 3.8) is 0 Å². The number of alkyl halides is 3. The summed E-state index contributed by atoms with van der Waals surface area (Å²) in [7, 11) is 0. The molecule has 3 nitrogen and oxygen atoms in total. The Morgan fingerprint density at radius 2 is 2.11 bits per heavy atom. The van der Waals surface area contributed by atoms with Crippen LogP contribution in [-0.4, -0.2) is 48.5 Å². The zero-order valence-corrected chi connectivity index (χ0v) is 11.2. The first kappa shape index (κ1) is 14.1. The second-order valence-electron chi connectivity index (χ2n) is 3.80. The first-order valence-corrected chi connectivity index (χ1v) is 7.38. The van der Waals surface area contributed by atoms with Crippen molar-refractivity contribution in [1.82, 2.24) is 9.88 Å². The van der Waals surface area contributed by atoms with Crippen LogP contribution in [0.1, 0.15) is 5.69 Å². The first-order valence-electron chi connectivity index (χ1n) is 5.51. The third kappa shape index (κ3) is 4.11. The molecule has 0 bridgehead atoms. The van der Waals surface area contributed by atoms with Crippen LogP contribution in [0.4, 0.5) is 13.2 Å². The van der Waals surface area contributed by atoms with E-state index in [2.05, 4.69) is 9.88 Å². The van der Waals surface area contributed by atoms with E-state index in [1.165, 1.54) is 11.8 Å². The molecule has 0 atom stereocenters. The van der Waals surface area contributed by atoms with Crippen LogP contribution >= 0.6 is 23.1 Å². The summed E-state index contributed by atoms with van der Waals surface area (Å²) in [5.74, 6) is 0.755. The van der Waals surface area contributed by atoms with E-state index in [-0.39, 0.29) is 0 Å². The number of hydrogen-bond donors (Lipinski definition) is 0. The number of morpholine rings is 1. The number of thioether (sulfide) groups is 1. The standard InChI is InChI=1S/C10H13F3N2OS2/c11-10(12,13)8-7-18-9(14-8)17-6-3-15-1-4-16-5-2-15/h7H,1-6H2. The van der Waals surface area contributed by atoms with E-state index >= 15 is 0 Å². The Morgan fingerprint density at radius 1 is 1.39 bits per heavy atom. The van der Waals surface area contributed by atoms with Gasteiger partial charge in [0.1, 0.15) is 0 Å². The van der Waals surface area contributed by atoms with Gasteiger partial charge in [-0.2, -0.15) is 13.2 Å². The third-order valence-electron chi connectivity index (χ3n) is 2.51. The molecule has 0 amide bonds. The highest BCUT2D eigenvalue weighted by Gasteiger charge is 2.33. The van der Waals surface area contributed by atoms with Gasteiger partial charge in [0.05, 0.1) is 13.2 Å². The van der Waals surface area contributed by atoms with E-state index in [1.54, 1.807) is 0 Å². The van der Waals surface area contributed by atoms with Crippen molar-refractivity contribution in [2.45, 2.75) is 10.5 Å². The summed E-state index contributed by atoms with van der Waals surface area (Å²) in [5, 5.41) is 1.07. The first-order chi connectivity index (χ1) is 8.55. The topological polar surface area (TPSA) is 25.4 Å². The molecule has 0 aliphatic carbocycles. The fraction of sp³-hybridized carbons (Fsp3) is 0.700. The Morgan fingerprint density at radius 3 is 2.72 bits per heavy atom. The third-order valence-corrected chi connectivity index (χ3v) is 4.51. The van der Waals surface area contributed by atoms with Crippen LogP contribution in [0.15, 0.2) is 9.72 Å². The fourth-order valence-corrected chi connectivity index (χ4v) is 3.44. The van der Waals surface area contributed by atoms with Crippen molar-refractivity contribution < 1.29 is 17.9 Å². The van der Waals surface area contributed by atoms with Crippen molar-refractivity contribution in [2.75, 3.05) is 38.6 Å². The molecule has 1 saturated heterocycles. The van der Waals surface area contributed by atoms with E-state index in [1.807, 2.05) is 0 Å². The average molecular weight is 298 g/mol. The molecule has 1 aliphatic heterocycles. The Kier molecular flexibility index (Phi) is 4.88. The predicted molar refractivity (Wildman–Crippen MR) is 65.1 cm³/mol. The summed E-state index contributed by atoms with van der Waals surface area (Å²) >= 11 is 2.43. The summed E-state index contributed by atoms with van der Waals surface area (Å²) in [4.78, 5) is 5.82. The lowest BCUT2D eigenvalue weighted by atomic mass is 10.4. The van der Waals surface area contributed by atoms with Gasteiger partial charge in [-0.3, -0.25) is 4.90 Å². The molecule has 2 rings (SSSR count). The van der Waals surface area contributed by atoms with Gasteiger partial charge in [0.25, 0.3) is 0 Å². The van der Waals surface area contributed by atoms with Crippen LogP contribution in [0.5, 0.6) is 0 Å². The number of nitrogens with zero attached hydrogens (tertiary/aromatic N) is 2. The lowest BCUT2D eigenvalue weighted by Crippen LogP contribution is -2.37. The Bertz CT molecular complexity index is 377. The van der Waals surface area contributed by atoms with Crippen LogP contribution in [0, 0.1) is 0 Å². The monoisotopic (exact) mass is 298 g/mol. The Balaban J connectivity index is 1.74. The van der Waals surface area contributed by atoms with Gasteiger partial charge in [0.15, 0.2) is 10.0 Å². The minimum absolute atomic E-state index is 0.482. The zero-order valence-electron chi connectivity index (χ0n) is 9.57. The van der Waals surface area contributed by atoms with Crippen LogP contribution in [0.3, 0.4) is 0 Å². The molecule has 1 aromatic heterocycles. The summed E-state index contributed by atoms with van der Waals surface area (Å²) in [5.41, 5.74) is -0.790. The maximum absolute atomic E-state index is 12.3. The molecule has 1 fully saturated rings. The van der Waals surface area contributed by atoms with E-state index in [0.29, 0.717) is 4.34 Å². The molecule has 18 heavy (non-hydrogen) atoms. The lowest BCUT2D eigenvalue weighted by Gasteiger charge is -2.26. The van der Waals surface area contributed by atoms with Crippen LogP contribution < -0.4 is 0 Å². The number of halogens is 3. The lowest BCUT2D eigenvalue weighted by molar-refractivity contribution is -0.141. The van der Waals surface area contributed by atoms with Crippen LogP contribution in [-0.2, 0) is 10.9 Å². The maximum Gasteiger partial charge on any atom is 0.434 e. The van der Waals surface area contributed by atoms with E-state index in [9.17, 15) is 13.2 Å². The average Bonchev–Trinajstić information content (AvgIpc) is 2.79. The molecular weight excluding hydrogens is 285 g/mol. The smallest absolute Gasteiger partial charge is 0.379 e. The minimum Gasteiger partial charge on any atom is -0.379 e. The molecular formula is C10H13F3N2OS2. The van der Waals surface area contributed by atoms with Gasteiger partial charge >= 0.3 is 6.18 Å². The molecule has 1 aliphatic rings. The van der Waals surface area contributed by atoms with Gasteiger partial charge in [-0.1, -0.05) is 11.8 Å². The molecule has 8 heteroatoms. The predicted octanol–water partition coefficient (Wildman–Crippen LogP) is 2.59. The van der Waals surface area contributed by atoms with Gasteiger partial charge in [-0.15, -0.1) is 11.3 Å². The van der Waals surface area contributed by atoms with E-state index in [4.69, 9.17) is 4.74 Å². The fourth-order valence-electron chi connectivity index (χ4n) is 1.54. The molecule has 0 unspecified atom stereocenters. The normalized spacial score (nSPS) is 18.2. The number of aromatic nitrogens is 1. The van der Waals surface area contributed by atoms with Crippen molar-refractivity contribution in [3.8, 4) is 0 Å². The number of rotatable bonds is 4. The molecule has 1 aromatic rings. The molecule has 0 N–H and O–H groups in total. The van der Waals surface area contributed by atoms with Crippen LogP contribution in [0.2, 0.25) is 0 Å². The largest absolute Gasteiger partial charge is 0.434 e. The van der Waals surface area contributed by atoms with Crippen molar-refractivity contribution in [1.29, 1.82) is 0 Å². The second-order valence-corrected chi connectivity index (χ2v) is 6.00. The van der Waals surface area contributed by atoms with Crippen molar-refractivity contribution in [3.05, 3.63) is 11.1 Å². The SMILES string of the molecule is FC(F)(F)c1csc(SCCN2CCOCC2)n1. The summed E-state index contributed by atoms with van der Waals surface area (Å²) in [6.07, 6.45) is -4.33. The quantitative estimate of drug-likeness (QED) is 0.798. The van der Waals surface area contributed by atoms with Gasteiger partial charge in [0, 0.05) is 30.8 Å². The van der Waals surface area contributed by atoms with Crippen molar-refractivity contribution >= 4 is 23.1 Å². The summed E-state index contributed by atoms with van der Waals surface area (Å²) in [6.45, 7) is 4.12. The van der Waals surface area contributed by atoms with Crippen LogP contribution in [0.25, 0.3) is 0 Å². The van der Waals surface area contributed by atoms with Gasteiger partial charge < -0.3 is 4.74 Å². The zero-order chi connectivity index (χ0) is 13.0. The van der Waals surface area contributed by atoms with Gasteiger partial charge in [0.2, 0.25) is 0 Å². The van der Waals surface area contributed by atoms with Gasteiger partial charge in [-0.25, -0.2) is 4.98 Å². The second kappa shape index (κ2) is 6.23. The molecule has 2 heterocycles. The Hall–Kier alpha value is -0.310. The number of hydrogen-bond acceptors (Lipinski definition) is 5. The highest BCUT2D eigenvalue weighted by Crippen LogP contribution is 2.33. The number of ether oxygens (including phenoxy) is 1. The van der Waals surface area contributed by atoms with E-state index in [0.717, 1.165) is 55.3 Å².